The molecular formula is C12H25B. The normalized spacial score (nSPS) is 20.7. The minimum atomic E-state index is 0.742. The second-order valence-electron chi connectivity index (χ2n) is 5.18. The standard InChI is InChI=1S/C12H25B/c1-2-3-4-5-6-9-12(13)10-7-8-11-12/h2-11,13H2,1H3. The molecule has 0 aromatic rings. The largest absolute Gasteiger partial charge is 0.109 e. The Morgan fingerprint density at radius 1 is 1.00 bits per heavy atom. The Labute approximate surface area is 84.9 Å². The third-order valence-electron chi connectivity index (χ3n) is 3.69. The van der Waals surface area contributed by atoms with Crippen LogP contribution in [0.2, 0.25) is 5.31 Å². The maximum Gasteiger partial charge on any atom is 0.109 e. The number of hydrogen-bond donors (Lipinski definition) is 0. The molecule has 0 atom stereocenters. The van der Waals surface area contributed by atoms with Crippen molar-refractivity contribution in [2.24, 2.45) is 0 Å². The zero-order valence-corrected chi connectivity index (χ0v) is 9.57. The molecule has 0 N–H and O–H groups in total. The van der Waals surface area contributed by atoms with Crippen LogP contribution in [0.1, 0.15) is 71.1 Å². The highest BCUT2D eigenvalue weighted by Gasteiger charge is 2.27. The summed E-state index contributed by atoms with van der Waals surface area (Å²) in [6, 6.07) is 0. The van der Waals surface area contributed by atoms with E-state index >= 15 is 0 Å². The predicted molar refractivity (Wildman–Crippen MR) is 63.1 cm³/mol. The smallest absolute Gasteiger partial charge is 0.0654 e. The van der Waals surface area contributed by atoms with Crippen LogP contribution in [0.5, 0.6) is 0 Å². The molecule has 0 saturated heterocycles. The Kier molecular flexibility index (Phi) is 4.91. The summed E-state index contributed by atoms with van der Waals surface area (Å²) >= 11 is 0. The van der Waals surface area contributed by atoms with Crippen molar-refractivity contribution >= 4 is 7.85 Å². The first-order chi connectivity index (χ1) is 6.27. The fourth-order valence-electron chi connectivity index (χ4n) is 2.63. The minimum absolute atomic E-state index is 0.742. The molecule has 1 aliphatic rings. The van der Waals surface area contributed by atoms with E-state index in [1.54, 1.807) is 0 Å². The zero-order valence-electron chi connectivity index (χ0n) is 9.57. The second-order valence-corrected chi connectivity index (χ2v) is 5.18. The van der Waals surface area contributed by atoms with E-state index in [4.69, 9.17) is 0 Å². The van der Waals surface area contributed by atoms with E-state index in [9.17, 15) is 0 Å². The molecule has 13 heavy (non-hydrogen) atoms. The molecule has 1 saturated carbocycles. The van der Waals surface area contributed by atoms with Crippen molar-refractivity contribution in [3.63, 3.8) is 0 Å². The maximum atomic E-state index is 2.50. The van der Waals surface area contributed by atoms with E-state index in [2.05, 4.69) is 14.8 Å². The van der Waals surface area contributed by atoms with E-state index in [-0.39, 0.29) is 0 Å². The molecule has 0 spiro atoms. The topological polar surface area (TPSA) is 0 Å². The molecule has 0 radical (unpaired) electrons. The molecule has 1 heteroatoms. The highest BCUT2D eigenvalue weighted by molar-refractivity contribution is 6.15. The Bertz CT molecular complexity index is 125. The number of unbranched alkanes of at least 4 members (excludes halogenated alkanes) is 4. The van der Waals surface area contributed by atoms with Crippen molar-refractivity contribution < 1.29 is 0 Å². The average Bonchev–Trinajstić information content (AvgIpc) is 2.53. The molecule has 0 aromatic carbocycles. The van der Waals surface area contributed by atoms with Gasteiger partial charge in [-0.2, -0.15) is 0 Å². The van der Waals surface area contributed by atoms with Crippen molar-refractivity contribution in [2.45, 2.75) is 76.4 Å². The SMILES string of the molecule is BC1(CCCCCCC)CCCC1. The molecular weight excluding hydrogens is 155 g/mol. The summed E-state index contributed by atoms with van der Waals surface area (Å²) in [5, 5.41) is 0.742. The summed E-state index contributed by atoms with van der Waals surface area (Å²) in [6.45, 7) is 2.29. The predicted octanol–water partition coefficient (Wildman–Crippen LogP) is 3.71. The van der Waals surface area contributed by atoms with Crippen LogP contribution in [0.4, 0.5) is 0 Å². The molecule has 0 bridgehead atoms. The molecule has 1 rings (SSSR count). The molecule has 0 aliphatic heterocycles. The highest BCUT2D eigenvalue weighted by atomic mass is 14.3. The van der Waals surface area contributed by atoms with Crippen molar-refractivity contribution in [1.82, 2.24) is 0 Å². The highest BCUT2D eigenvalue weighted by Crippen LogP contribution is 2.45. The molecule has 0 heterocycles. The third kappa shape index (κ3) is 4.20. The zero-order chi connectivity index (χ0) is 9.57. The van der Waals surface area contributed by atoms with Gasteiger partial charge >= 0.3 is 0 Å². The van der Waals surface area contributed by atoms with E-state index < -0.39 is 0 Å². The van der Waals surface area contributed by atoms with Crippen LogP contribution < -0.4 is 0 Å². The first-order valence-corrected chi connectivity index (χ1v) is 6.27. The molecule has 0 aromatic heterocycles. The molecule has 0 amide bonds. The molecule has 0 unspecified atom stereocenters. The fraction of sp³-hybridized carbons (Fsp3) is 1.00. The van der Waals surface area contributed by atoms with Gasteiger partial charge in [-0.25, -0.2) is 0 Å². The minimum Gasteiger partial charge on any atom is -0.0654 e. The number of rotatable bonds is 6. The van der Waals surface area contributed by atoms with Crippen LogP contribution in [0.15, 0.2) is 0 Å². The van der Waals surface area contributed by atoms with Gasteiger partial charge in [-0.3, -0.25) is 0 Å². The van der Waals surface area contributed by atoms with Crippen LogP contribution in [0.3, 0.4) is 0 Å². The number of hydrogen-bond acceptors (Lipinski definition) is 0. The maximum absolute atomic E-state index is 2.50. The summed E-state index contributed by atoms with van der Waals surface area (Å²) < 4.78 is 0. The van der Waals surface area contributed by atoms with Gasteiger partial charge in [0.25, 0.3) is 0 Å². The summed E-state index contributed by atoms with van der Waals surface area (Å²) in [5.41, 5.74) is 0. The summed E-state index contributed by atoms with van der Waals surface area (Å²) in [5.74, 6) is 0. The van der Waals surface area contributed by atoms with Crippen molar-refractivity contribution in [1.29, 1.82) is 0 Å². The fourth-order valence-corrected chi connectivity index (χ4v) is 2.63. The lowest BCUT2D eigenvalue weighted by atomic mass is 9.64. The van der Waals surface area contributed by atoms with Gasteiger partial charge in [-0.1, -0.05) is 76.4 Å². The average molecular weight is 180 g/mol. The van der Waals surface area contributed by atoms with Gasteiger partial charge in [-0.05, 0) is 0 Å². The van der Waals surface area contributed by atoms with Gasteiger partial charge in [0.2, 0.25) is 0 Å². The Morgan fingerprint density at radius 3 is 2.23 bits per heavy atom. The van der Waals surface area contributed by atoms with Crippen LogP contribution >= 0.6 is 0 Å². The first kappa shape index (κ1) is 11.1. The summed E-state index contributed by atoms with van der Waals surface area (Å²) in [4.78, 5) is 0. The van der Waals surface area contributed by atoms with Crippen LogP contribution in [-0.4, -0.2) is 7.85 Å². The molecule has 1 aliphatic carbocycles. The Balaban J connectivity index is 1.98. The van der Waals surface area contributed by atoms with Crippen LogP contribution in [-0.2, 0) is 0 Å². The van der Waals surface area contributed by atoms with Gasteiger partial charge in [-0.15, -0.1) is 0 Å². The first-order valence-electron chi connectivity index (χ1n) is 6.27. The lowest BCUT2D eigenvalue weighted by molar-refractivity contribution is 0.484. The quantitative estimate of drug-likeness (QED) is 0.431. The van der Waals surface area contributed by atoms with Crippen LogP contribution in [0, 0.1) is 0 Å². The molecule has 1 fully saturated rings. The van der Waals surface area contributed by atoms with Gasteiger partial charge in [0.1, 0.15) is 7.85 Å². The Hall–Kier alpha value is 0.0649. The van der Waals surface area contributed by atoms with Gasteiger partial charge in [0, 0.05) is 0 Å². The van der Waals surface area contributed by atoms with Crippen molar-refractivity contribution in [3.8, 4) is 0 Å². The molecule has 0 nitrogen and oxygen atoms in total. The van der Waals surface area contributed by atoms with E-state index in [0.717, 1.165) is 5.31 Å². The van der Waals surface area contributed by atoms with Crippen molar-refractivity contribution in [2.75, 3.05) is 0 Å². The summed E-state index contributed by atoms with van der Waals surface area (Å²) in [7, 11) is 2.50. The van der Waals surface area contributed by atoms with E-state index in [0.29, 0.717) is 0 Å². The van der Waals surface area contributed by atoms with E-state index in [1.165, 1.54) is 64.2 Å². The monoisotopic (exact) mass is 180 g/mol. The van der Waals surface area contributed by atoms with E-state index in [1.807, 2.05) is 0 Å². The van der Waals surface area contributed by atoms with Gasteiger partial charge in [0.05, 0.1) is 0 Å². The summed E-state index contributed by atoms with van der Waals surface area (Å²) in [6.07, 6.45) is 14.7. The second kappa shape index (κ2) is 5.72. The third-order valence-corrected chi connectivity index (χ3v) is 3.69. The molecule has 76 valence electrons. The lowest BCUT2D eigenvalue weighted by Gasteiger charge is -2.22. The van der Waals surface area contributed by atoms with Crippen LogP contribution in [0.25, 0.3) is 0 Å². The lowest BCUT2D eigenvalue weighted by Crippen LogP contribution is -2.06. The van der Waals surface area contributed by atoms with Crippen molar-refractivity contribution in [3.05, 3.63) is 0 Å². The Morgan fingerprint density at radius 2 is 1.62 bits per heavy atom. The van der Waals surface area contributed by atoms with Gasteiger partial charge < -0.3 is 0 Å². The van der Waals surface area contributed by atoms with Gasteiger partial charge in [0.15, 0.2) is 0 Å².